The van der Waals surface area contributed by atoms with Gasteiger partial charge in [0.05, 0.1) is 17.8 Å². The maximum Gasteiger partial charge on any atom is 0.319 e. The number of hydrogen-bond donors (Lipinski definition) is 3. The topological polar surface area (TPSA) is 91.3 Å². The van der Waals surface area contributed by atoms with Crippen LogP contribution in [0.3, 0.4) is 0 Å². The molecule has 6 nitrogen and oxygen atoms in total. The van der Waals surface area contributed by atoms with Gasteiger partial charge in [0.1, 0.15) is 0 Å². The molecule has 1 fully saturated rings. The van der Waals surface area contributed by atoms with E-state index in [0.717, 1.165) is 18.5 Å². The number of amides is 2. The molecule has 2 amide bonds. The molecule has 0 bridgehead atoms. The minimum Gasteiger partial charge on any atom is -0.481 e. The van der Waals surface area contributed by atoms with E-state index in [1.807, 2.05) is 13.0 Å². The lowest BCUT2D eigenvalue weighted by molar-refractivity contribution is -0.143. The first-order valence-electron chi connectivity index (χ1n) is 7.25. The zero-order valence-corrected chi connectivity index (χ0v) is 12.1. The van der Waals surface area contributed by atoms with Gasteiger partial charge in [0.25, 0.3) is 0 Å². The number of carboxylic acid groups (broad SMARTS) is 1. The number of nitrogens with one attached hydrogen (secondary N) is 2. The van der Waals surface area contributed by atoms with Crippen LogP contribution in [0.25, 0.3) is 0 Å². The Morgan fingerprint density at radius 2 is 2.00 bits per heavy atom. The molecule has 0 spiro atoms. The number of carboxylic acids is 1. The number of anilines is 1. The highest BCUT2D eigenvalue weighted by atomic mass is 16.4. The van der Waals surface area contributed by atoms with Crippen molar-refractivity contribution < 1.29 is 14.7 Å². The zero-order valence-electron chi connectivity index (χ0n) is 12.1. The largest absolute Gasteiger partial charge is 0.481 e. The molecule has 21 heavy (non-hydrogen) atoms. The van der Waals surface area contributed by atoms with E-state index in [2.05, 4.69) is 15.6 Å². The van der Waals surface area contributed by atoms with Crippen LogP contribution in [0.15, 0.2) is 18.3 Å². The summed E-state index contributed by atoms with van der Waals surface area (Å²) < 4.78 is 0. The van der Waals surface area contributed by atoms with Gasteiger partial charge in [-0.15, -0.1) is 0 Å². The summed E-state index contributed by atoms with van der Waals surface area (Å²) in [6.07, 6.45) is 4.72. The average Bonchev–Trinajstić information content (AvgIpc) is 2.48. The molecule has 1 aliphatic rings. The molecule has 0 aromatic carbocycles. The average molecular weight is 291 g/mol. The fourth-order valence-electron chi connectivity index (χ4n) is 2.57. The predicted octanol–water partition coefficient (Wildman–Crippen LogP) is 2.40. The first kappa shape index (κ1) is 15.3. The number of pyridine rings is 1. The van der Waals surface area contributed by atoms with Gasteiger partial charge in [-0.1, -0.05) is 0 Å². The third-order valence-corrected chi connectivity index (χ3v) is 3.92. The Hall–Kier alpha value is -2.11. The molecular weight excluding hydrogens is 270 g/mol. The van der Waals surface area contributed by atoms with Crippen molar-refractivity contribution in [3.63, 3.8) is 0 Å². The number of carbonyl (C=O) groups is 2. The Bertz CT molecular complexity index is 493. The second kappa shape index (κ2) is 7.06. The number of aryl methyl sites for hydroxylation is 1. The number of aliphatic carboxylic acids is 1. The lowest BCUT2D eigenvalue weighted by Crippen LogP contribution is -2.35. The van der Waals surface area contributed by atoms with Crippen molar-refractivity contribution in [3.8, 4) is 0 Å². The summed E-state index contributed by atoms with van der Waals surface area (Å²) >= 11 is 0. The predicted molar refractivity (Wildman–Crippen MR) is 79.1 cm³/mol. The van der Waals surface area contributed by atoms with Crippen LogP contribution in [0.5, 0.6) is 0 Å². The molecule has 1 aliphatic carbocycles. The Morgan fingerprint density at radius 3 is 2.57 bits per heavy atom. The van der Waals surface area contributed by atoms with Crippen molar-refractivity contribution >= 4 is 17.7 Å². The van der Waals surface area contributed by atoms with Gasteiger partial charge in [-0.05, 0) is 50.7 Å². The lowest BCUT2D eigenvalue weighted by Gasteiger charge is -2.26. The van der Waals surface area contributed by atoms with Gasteiger partial charge in [0.15, 0.2) is 0 Å². The van der Waals surface area contributed by atoms with E-state index in [9.17, 15) is 9.59 Å². The Balaban J connectivity index is 1.70. The van der Waals surface area contributed by atoms with E-state index in [-0.39, 0.29) is 11.9 Å². The van der Waals surface area contributed by atoms with Crippen LogP contribution in [-0.4, -0.2) is 28.6 Å². The summed E-state index contributed by atoms with van der Waals surface area (Å²) in [5, 5.41) is 14.5. The maximum absolute atomic E-state index is 11.8. The summed E-state index contributed by atoms with van der Waals surface area (Å²) in [7, 11) is 0. The van der Waals surface area contributed by atoms with Gasteiger partial charge < -0.3 is 15.7 Å². The fraction of sp³-hybridized carbons (Fsp3) is 0.533. The van der Waals surface area contributed by atoms with Gasteiger partial charge in [-0.25, -0.2) is 4.79 Å². The van der Waals surface area contributed by atoms with Crippen LogP contribution < -0.4 is 10.6 Å². The molecule has 114 valence electrons. The second-order valence-corrected chi connectivity index (χ2v) is 5.58. The summed E-state index contributed by atoms with van der Waals surface area (Å²) in [4.78, 5) is 26.7. The van der Waals surface area contributed by atoms with Crippen LogP contribution in [0.4, 0.5) is 10.5 Å². The van der Waals surface area contributed by atoms with Crippen LogP contribution in [0.1, 0.15) is 31.4 Å². The van der Waals surface area contributed by atoms with Crippen molar-refractivity contribution in [2.24, 2.45) is 11.8 Å². The highest BCUT2D eigenvalue weighted by molar-refractivity contribution is 5.88. The molecule has 0 radical (unpaired) electrons. The van der Waals surface area contributed by atoms with Crippen LogP contribution >= 0.6 is 0 Å². The van der Waals surface area contributed by atoms with Gasteiger partial charge in [0, 0.05) is 12.2 Å². The third kappa shape index (κ3) is 4.73. The number of urea groups is 1. The van der Waals surface area contributed by atoms with Gasteiger partial charge in [-0.2, -0.15) is 0 Å². The normalized spacial score (nSPS) is 21.6. The third-order valence-electron chi connectivity index (χ3n) is 3.92. The molecule has 0 aliphatic heterocycles. The smallest absolute Gasteiger partial charge is 0.319 e. The standard InChI is InChI=1S/C15H21N3O3/c1-10-2-7-13(9-16-10)18-15(21)17-8-11-3-5-12(6-4-11)14(19)20/h2,7,9,11-12H,3-6,8H2,1H3,(H,19,20)(H2,17,18,21). The maximum atomic E-state index is 11.8. The molecule has 6 heteroatoms. The summed E-state index contributed by atoms with van der Waals surface area (Å²) in [5.41, 5.74) is 1.56. The molecule has 1 saturated carbocycles. The minimum atomic E-state index is -0.703. The van der Waals surface area contributed by atoms with E-state index in [0.29, 0.717) is 31.0 Å². The van der Waals surface area contributed by atoms with Gasteiger partial charge >= 0.3 is 12.0 Å². The van der Waals surface area contributed by atoms with Crippen LogP contribution in [0, 0.1) is 18.8 Å². The molecule has 1 aromatic heterocycles. The van der Waals surface area contributed by atoms with E-state index < -0.39 is 5.97 Å². The molecule has 3 N–H and O–H groups in total. The monoisotopic (exact) mass is 291 g/mol. The fourth-order valence-corrected chi connectivity index (χ4v) is 2.57. The van der Waals surface area contributed by atoms with Crippen molar-refractivity contribution in [1.29, 1.82) is 0 Å². The van der Waals surface area contributed by atoms with Crippen LogP contribution in [-0.2, 0) is 4.79 Å². The SMILES string of the molecule is Cc1ccc(NC(=O)NCC2CCC(C(=O)O)CC2)cn1. The number of hydrogen-bond acceptors (Lipinski definition) is 3. The van der Waals surface area contributed by atoms with E-state index in [1.165, 1.54) is 0 Å². The quantitative estimate of drug-likeness (QED) is 0.794. The number of rotatable bonds is 4. The van der Waals surface area contributed by atoms with Crippen molar-refractivity contribution in [2.45, 2.75) is 32.6 Å². The van der Waals surface area contributed by atoms with E-state index >= 15 is 0 Å². The summed E-state index contributed by atoms with van der Waals surface area (Å²) in [6, 6.07) is 3.39. The summed E-state index contributed by atoms with van der Waals surface area (Å²) in [6.45, 7) is 2.47. The van der Waals surface area contributed by atoms with Crippen molar-refractivity contribution in [3.05, 3.63) is 24.0 Å². The Morgan fingerprint density at radius 1 is 1.29 bits per heavy atom. The molecule has 1 aromatic rings. The van der Waals surface area contributed by atoms with E-state index in [4.69, 9.17) is 5.11 Å². The zero-order chi connectivity index (χ0) is 15.2. The molecule has 2 rings (SSSR count). The number of carbonyl (C=O) groups excluding carboxylic acids is 1. The molecule has 1 heterocycles. The number of aromatic nitrogens is 1. The van der Waals surface area contributed by atoms with Gasteiger partial charge in [-0.3, -0.25) is 9.78 Å². The van der Waals surface area contributed by atoms with Gasteiger partial charge in [0.2, 0.25) is 0 Å². The molecule has 0 atom stereocenters. The minimum absolute atomic E-state index is 0.214. The Labute approximate surface area is 124 Å². The first-order chi connectivity index (χ1) is 10.0. The first-order valence-corrected chi connectivity index (χ1v) is 7.25. The number of nitrogens with zero attached hydrogens (tertiary/aromatic N) is 1. The van der Waals surface area contributed by atoms with Crippen molar-refractivity contribution in [1.82, 2.24) is 10.3 Å². The van der Waals surface area contributed by atoms with E-state index in [1.54, 1.807) is 12.3 Å². The highest BCUT2D eigenvalue weighted by Gasteiger charge is 2.25. The van der Waals surface area contributed by atoms with Crippen LogP contribution in [0.2, 0.25) is 0 Å². The molecular formula is C15H21N3O3. The van der Waals surface area contributed by atoms with Crippen molar-refractivity contribution in [2.75, 3.05) is 11.9 Å². The Kier molecular flexibility index (Phi) is 5.14. The molecule has 0 unspecified atom stereocenters. The lowest BCUT2D eigenvalue weighted by atomic mass is 9.82. The second-order valence-electron chi connectivity index (χ2n) is 5.58. The summed E-state index contributed by atoms with van der Waals surface area (Å²) in [5.74, 6) is -0.553. The molecule has 0 saturated heterocycles. The highest BCUT2D eigenvalue weighted by Crippen LogP contribution is 2.28.